The lowest BCUT2D eigenvalue weighted by molar-refractivity contribution is -0.138. The van der Waals surface area contributed by atoms with Crippen molar-refractivity contribution in [1.82, 2.24) is 5.32 Å². The van der Waals surface area contributed by atoms with E-state index in [2.05, 4.69) is 10.1 Å². The largest absolute Gasteiger partial charge is 0.462 e. The summed E-state index contributed by atoms with van der Waals surface area (Å²) >= 11 is 0. The van der Waals surface area contributed by atoms with Crippen LogP contribution in [0, 0.1) is 5.92 Å². The zero-order valence-electron chi connectivity index (χ0n) is 9.69. The molecule has 5 heteroatoms. The molecule has 1 aliphatic heterocycles. The number of nitrogens with two attached hydrogens (primary N) is 1. The van der Waals surface area contributed by atoms with Gasteiger partial charge >= 0.3 is 0 Å². The Balaban J connectivity index is 0.000000265. The average Bonchev–Trinajstić information content (AvgIpc) is 2.49. The molecule has 0 aromatic heterocycles. The van der Waals surface area contributed by atoms with E-state index in [1.54, 1.807) is 0 Å². The fourth-order valence-corrected chi connectivity index (χ4v) is 1.10. The highest BCUT2D eigenvalue weighted by Crippen LogP contribution is 2.05. The van der Waals surface area contributed by atoms with Crippen molar-refractivity contribution in [1.29, 1.82) is 0 Å². The molecule has 1 rings (SSSR count). The molecule has 4 N–H and O–H groups in total. The predicted molar refractivity (Wildman–Crippen MR) is 58.3 cm³/mol. The molecule has 1 aliphatic rings. The minimum atomic E-state index is -0.318. The van der Waals surface area contributed by atoms with Crippen LogP contribution in [0.15, 0.2) is 0 Å². The number of nitrogens with one attached hydrogen (secondary N) is 1. The molecule has 0 spiro atoms. The van der Waals surface area contributed by atoms with Crippen molar-refractivity contribution in [2.45, 2.75) is 32.5 Å². The minimum absolute atomic E-state index is 0.208. The highest BCUT2D eigenvalue weighted by Gasteiger charge is 2.22. The first-order valence-electron chi connectivity index (χ1n) is 5.11. The Hall–Kier alpha value is -0.650. The Bertz CT molecular complexity index is 180. The van der Waals surface area contributed by atoms with Gasteiger partial charge in [-0.25, -0.2) is 0 Å². The summed E-state index contributed by atoms with van der Waals surface area (Å²) < 4.78 is 4.55. The Morgan fingerprint density at radius 2 is 2.13 bits per heavy atom. The van der Waals surface area contributed by atoms with E-state index in [0.717, 1.165) is 6.54 Å². The van der Waals surface area contributed by atoms with Gasteiger partial charge < -0.3 is 20.9 Å². The zero-order chi connectivity index (χ0) is 11.9. The van der Waals surface area contributed by atoms with Crippen LogP contribution in [0.4, 0.5) is 0 Å². The highest BCUT2D eigenvalue weighted by atomic mass is 16.5. The topological polar surface area (TPSA) is 84.6 Å². The van der Waals surface area contributed by atoms with Crippen molar-refractivity contribution in [3.63, 3.8) is 0 Å². The molecule has 2 unspecified atom stereocenters. The highest BCUT2D eigenvalue weighted by molar-refractivity contribution is 5.37. The van der Waals surface area contributed by atoms with Crippen molar-refractivity contribution in [3.8, 4) is 0 Å². The average molecular weight is 218 g/mol. The third kappa shape index (κ3) is 7.30. The SMILES string of the molecule is CC(C)(C)OC=O.NCC1CNCC1O. The normalized spacial score (nSPS) is 25.4. The van der Waals surface area contributed by atoms with E-state index in [4.69, 9.17) is 10.8 Å². The van der Waals surface area contributed by atoms with Gasteiger partial charge in [0, 0.05) is 19.0 Å². The minimum Gasteiger partial charge on any atom is -0.462 e. The molecule has 0 aromatic rings. The van der Waals surface area contributed by atoms with Crippen LogP contribution >= 0.6 is 0 Å². The molecule has 90 valence electrons. The monoisotopic (exact) mass is 218 g/mol. The lowest BCUT2D eigenvalue weighted by Gasteiger charge is -2.14. The van der Waals surface area contributed by atoms with Gasteiger partial charge in [0.1, 0.15) is 5.60 Å². The number of hydrogen-bond acceptors (Lipinski definition) is 5. The molecule has 1 saturated heterocycles. The summed E-state index contributed by atoms with van der Waals surface area (Å²) in [4.78, 5) is 9.60. The van der Waals surface area contributed by atoms with E-state index in [-0.39, 0.29) is 17.6 Å². The van der Waals surface area contributed by atoms with Crippen LogP contribution in [0.1, 0.15) is 20.8 Å². The first-order chi connectivity index (χ1) is 6.90. The van der Waals surface area contributed by atoms with Crippen LogP contribution in [0.5, 0.6) is 0 Å². The van der Waals surface area contributed by atoms with E-state index < -0.39 is 0 Å². The Labute approximate surface area is 91.0 Å². The van der Waals surface area contributed by atoms with Gasteiger partial charge in [0.05, 0.1) is 6.10 Å². The third-order valence-corrected chi connectivity index (χ3v) is 2.01. The predicted octanol–water partition coefficient (Wildman–Crippen LogP) is -0.517. The first kappa shape index (κ1) is 14.3. The fraction of sp³-hybridized carbons (Fsp3) is 0.900. The third-order valence-electron chi connectivity index (χ3n) is 2.01. The molecule has 0 amide bonds. The van der Waals surface area contributed by atoms with Crippen LogP contribution in [-0.4, -0.2) is 42.9 Å². The van der Waals surface area contributed by atoms with E-state index in [0.29, 0.717) is 19.6 Å². The Kier molecular flexibility index (Phi) is 6.47. The lowest BCUT2D eigenvalue weighted by Crippen LogP contribution is -2.25. The van der Waals surface area contributed by atoms with Gasteiger partial charge in [0.15, 0.2) is 0 Å². The second kappa shape index (κ2) is 6.76. The number of hydrogen-bond donors (Lipinski definition) is 3. The Morgan fingerprint density at radius 3 is 2.27 bits per heavy atom. The molecule has 0 aromatic carbocycles. The number of carbonyl (C=O) groups excluding carboxylic acids is 1. The molecule has 0 aliphatic carbocycles. The van der Waals surface area contributed by atoms with Crippen LogP contribution in [0.25, 0.3) is 0 Å². The number of β-amino-alcohol motifs (C(OH)–C–C–N with tert-alkyl or cyclic N) is 1. The maximum absolute atomic E-state index is 9.60. The summed E-state index contributed by atoms with van der Waals surface area (Å²) in [6.07, 6.45) is -0.208. The van der Waals surface area contributed by atoms with Gasteiger partial charge in [0.25, 0.3) is 6.47 Å². The second-order valence-electron chi connectivity index (χ2n) is 4.55. The van der Waals surface area contributed by atoms with E-state index in [1.165, 1.54) is 0 Å². The van der Waals surface area contributed by atoms with Gasteiger partial charge in [-0.1, -0.05) is 0 Å². The van der Waals surface area contributed by atoms with Crippen molar-refractivity contribution in [2.75, 3.05) is 19.6 Å². The number of aliphatic hydroxyl groups excluding tert-OH is 1. The van der Waals surface area contributed by atoms with Gasteiger partial charge in [0.2, 0.25) is 0 Å². The maximum Gasteiger partial charge on any atom is 0.293 e. The van der Waals surface area contributed by atoms with Crippen LogP contribution < -0.4 is 11.1 Å². The van der Waals surface area contributed by atoms with Crippen molar-refractivity contribution < 1.29 is 14.6 Å². The fourth-order valence-electron chi connectivity index (χ4n) is 1.10. The van der Waals surface area contributed by atoms with Crippen LogP contribution in [0.3, 0.4) is 0 Å². The summed E-state index contributed by atoms with van der Waals surface area (Å²) in [5.41, 5.74) is 5.01. The first-order valence-corrected chi connectivity index (χ1v) is 5.11. The van der Waals surface area contributed by atoms with Gasteiger partial charge in [-0.15, -0.1) is 0 Å². The molecule has 1 fully saturated rings. The smallest absolute Gasteiger partial charge is 0.293 e. The number of ether oxygens (including phenoxy) is 1. The van der Waals surface area contributed by atoms with Gasteiger partial charge in [-0.3, -0.25) is 4.79 Å². The molecule has 15 heavy (non-hydrogen) atoms. The summed E-state index contributed by atoms with van der Waals surface area (Å²) in [5, 5.41) is 12.1. The zero-order valence-corrected chi connectivity index (χ0v) is 9.69. The Morgan fingerprint density at radius 1 is 1.53 bits per heavy atom. The maximum atomic E-state index is 9.60. The molecule has 2 atom stereocenters. The molecule has 0 bridgehead atoms. The van der Waals surface area contributed by atoms with Crippen molar-refractivity contribution in [3.05, 3.63) is 0 Å². The quantitative estimate of drug-likeness (QED) is 0.543. The number of aliphatic hydroxyl groups is 1. The summed E-state index contributed by atoms with van der Waals surface area (Å²) in [5.74, 6) is 0.287. The number of rotatable bonds is 2. The molecule has 0 saturated carbocycles. The molecule has 0 radical (unpaired) electrons. The molecule has 1 heterocycles. The van der Waals surface area contributed by atoms with Crippen LogP contribution in [-0.2, 0) is 9.53 Å². The van der Waals surface area contributed by atoms with Gasteiger partial charge in [-0.05, 0) is 27.3 Å². The molecule has 5 nitrogen and oxygen atoms in total. The lowest BCUT2D eigenvalue weighted by atomic mass is 10.1. The molecular formula is C10H22N2O3. The van der Waals surface area contributed by atoms with E-state index >= 15 is 0 Å². The summed E-state index contributed by atoms with van der Waals surface area (Å²) in [6.45, 7) is 8.10. The van der Waals surface area contributed by atoms with E-state index in [1.807, 2.05) is 20.8 Å². The summed E-state index contributed by atoms with van der Waals surface area (Å²) in [6, 6.07) is 0. The standard InChI is InChI=1S/C5H12N2O.C5H10O2/c6-1-4-2-7-3-5(4)8;1-5(2,3)7-4-6/h4-5,7-8H,1-3,6H2;4H,1-3H3. The molecular weight excluding hydrogens is 196 g/mol. The number of carbonyl (C=O) groups is 1. The van der Waals surface area contributed by atoms with Crippen LogP contribution in [0.2, 0.25) is 0 Å². The second-order valence-corrected chi connectivity index (χ2v) is 4.55. The summed E-state index contributed by atoms with van der Waals surface area (Å²) in [7, 11) is 0. The van der Waals surface area contributed by atoms with Gasteiger partial charge in [-0.2, -0.15) is 0 Å². The van der Waals surface area contributed by atoms with E-state index in [9.17, 15) is 4.79 Å². The van der Waals surface area contributed by atoms with Crippen molar-refractivity contribution in [2.24, 2.45) is 11.7 Å². The van der Waals surface area contributed by atoms with Crippen molar-refractivity contribution >= 4 is 6.47 Å².